The molecule has 5 N–H and O–H groups in total. The van der Waals surface area contributed by atoms with Crippen molar-refractivity contribution in [2.75, 3.05) is 7.11 Å². The van der Waals surface area contributed by atoms with Crippen LogP contribution < -0.4 is 11.5 Å². The first kappa shape index (κ1) is 11.8. The molecule has 0 aromatic heterocycles. The van der Waals surface area contributed by atoms with Gasteiger partial charge in [-0.1, -0.05) is 0 Å². The number of guanidine groups is 1. The molecule has 2 unspecified atom stereocenters. The number of ether oxygens (including phenoxy) is 1. The first-order valence-corrected chi connectivity index (χ1v) is 3.95. The van der Waals surface area contributed by atoms with Gasteiger partial charge in [-0.2, -0.15) is 4.21 Å². The van der Waals surface area contributed by atoms with Gasteiger partial charge in [0, 0.05) is 0 Å². The van der Waals surface area contributed by atoms with Gasteiger partial charge in [-0.3, -0.25) is 4.55 Å². The van der Waals surface area contributed by atoms with Gasteiger partial charge >= 0.3 is 17.3 Å². The molecule has 0 saturated heterocycles. The Balaban J connectivity index is 4.46. The lowest BCUT2D eigenvalue weighted by Gasteiger charge is -2.07. The number of carbonyl (C=O) groups excluding carboxylic acids is 1. The van der Waals surface area contributed by atoms with Gasteiger partial charge in [0.25, 0.3) is 6.23 Å². The number of rotatable bonds is 4. The van der Waals surface area contributed by atoms with Crippen molar-refractivity contribution in [3.8, 4) is 0 Å². The van der Waals surface area contributed by atoms with E-state index >= 15 is 0 Å². The van der Waals surface area contributed by atoms with Crippen LogP contribution in [0.4, 0.5) is 0 Å². The summed E-state index contributed by atoms with van der Waals surface area (Å²) in [7, 11) is 1.06. The Morgan fingerprint density at radius 2 is 2.15 bits per heavy atom. The Morgan fingerprint density at radius 1 is 1.62 bits per heavy atom. The Bertz CT molecular complexity index is 238. The highest BCUT2D eigenvalue weighted by molar-refractivity contribution is 7.74. The molecule has 0 heterocycles. The van der Waals surface area contributed by atoms with E-state index in [1.165, 1.54) is 0 Å². The van der Waals surface area contributed by atoms with Gasteiger partial charge in [0.2, 0.25) is 0 Å². The van der Waals surface area contributed by atoms with E-state index in [-0.39, 0.29) is 0 Å². The summed E-state index contributed by atoms with van der Waals surface area (Å²) < 4.78 is 26.7. The van der Waals surface area contributed by atoms with Crippen LogP contribution in [0.15, 0.2) is 4.99 Å². The number of carbonyl (C=O) groups is 1. The number of nitrogens with two attached hydrogens (primary N) is 2. The monoisotopic (exact) mass is 211 g/mol. The van der Waals surface area contributed by atoms with E-state index < -0.39 is 29.5 Å². The van der Waals surface area contributed by atoms with Gasteiger partial charge in [-0.05, 0) is 0 Å². The zero-order valence-electron chi connectivity index (χ0n) is 6.67. The number of methoxy groups -OCH3 is 1. The van der Waals surface area contributed by atoms with Gasteiger partial charge in [-0.15, -0.1) is 0 Å². The summed E-state index contributed by atoms with van der Waals surface area (Å²) in [5, 5.41) is 0. The lowest BCUT2D eigenvalue weighted by atomic mass is 10.6. The summed E-state index contributed by atoms with van der Waals surface area (Å²) in [6.45, 7) is 0. The summed E-state index contributed by atoms with van der Waals surface area (Å²) in [4.78, 5) is 14.0. The summed E-state index contributed by atoms with van der Waals surface area (Å²) in [5.74, 6) is -1.43. The van der Waals surface area contributed by atoms with Gasteiger partial charge in [0.1, 0.15) is 0 Å². The molecule has 0 amide bonds. The van der Waals surface area contributed by atoms with Gasteiger partial charge in [-0.25, -0.2) is 14.0 Å². The molecule has 0 saturated carbocycles. The summed E-state index contributed by atoms with van der Waals surface area (Å²) in [5.41, 5.74) is 9.84. The van der Waals surface area contributed by atoms with Gasteiger partial charge in [0.05, 0.1) is 7.11 Å². The fourth-order valence-electron chi connectivity index (χ4n) is 0.428. The van der Waals surface area contributed by atoms with Crippen molar-refractivity contribution < 1.29 is 22.5 Å². The third-order valence-electron chi connectivity index (χ3n) is 0.843. The zero-order chi connectivity index (χ0) is 10.4. The van der Waals surface area contributed by atoms with E-state index in [2.05, 4.69) is 13.9 Å². The van der Waals surface area contributed by atoms with Crippen LogP contribution in [-0.4, -0.2) is 34.0 Å². The first-order chi connectivity index (χ1) is 5.97. The maximum absolute atomic E-state index is 10.8. The molecule has 13 heavy (non-hydrogen) atoms. The number of hydrogen-bond donors (Lipinski definition) is 3. The number of nitrogens with zero attached hydrogens (tertiary/aromatic N) is 1. The minimum Gasteiger partial charge on any atom is -0.466 e. The van der Waals surface area contributed by atoms with E-state index in [9.17, 15) is 9.00 Å². The highest BCUT2D eigenvalue weighted by atomic mass is 32.2. The zero-order valence-corrected chi connectivity index (χ0v) is 7.48. The fourth-order valence-corrected chi connectivity index (χ4v) is 0.705. The van der Waals surface area contributed by atoms with Crippen LogP contribution in [0.2, 0.25) is 0 Å². The normalized spacial score (nSPS) is 14.3. The molecular formula is C4H9N3O5S. The van der Waals surface area contributed by atoms with Crippen molar-refractivity contribution >= 4 is 23.3 Å². The summed E-state index contributed by atoms with van der Waals surface area (Å²) >= 11 is -2.65. The second kappa shape index (κ2) is 5.45. The second-order valence-corrected chi connectivity index (χ2v) is 2.37. The molecule has 0 aliphatic rings. The molecule has 76 valence electrons. The lowest BCUT2D eigenvalue weighted by Crippen LogP contribution is -2.31. The smallest absolute Gasteiger partial charge is 0.359 e. The number of hydrogen-bond acceptors (Lipinski definition) is 5. The molecule has 0 aliphatic heterocycles. The molecule has 0 aromatic rings. The Hall–Kier alpha value is -1.19. The minimum atomic E-state index is -2.65. The molecule has 0 rings (SSSR count). The Labute approximate surface area is 76.4 Å². The fraction of sp³-hybridized carbons (Fsp3) is 0.500. The summed E-state index contributed by atoms with van der Waals surface area (Å²) in [6.07, 6.45) is -1.62. The van der Waals surface area contributed by atoms with Crippen LogP contribution >= 0.6 is 0 Å². The molecule has 8 nitrogen and oxygen atoms in total. The minimum absolute atomic E-state index is 0.458. The predicted molar refractivity (Wildman–Crippen MR) is 43.5 cm³/mol. The standard InChI is InChI=1S/C4H9N3O5S/c1-11-3(8)2(7-4(5)6)12-13(9)10/h2H,1H3,(H,9,10)(H4,5,6,7). The molecular weight excluding hydrogens is 202 g/mol. The van der Waals surface area contributed by atoms with Crippen molar-refractivity contribution in [2.24, 2.45) is 16.5 Å². The SMILES string of the molecule is COC(=O)C(N=C(N)N)OS(=O)O. The maximum Gasteiger partial charge on any atom is 0.359 e. The number of esters is 1. The Morgan fingerprint density at radius 3 is 2.46 bits per heavy atom. The molecule has 0 aromatic carbocycles. The van der Waals surface area contributed by atoms with Crippen LogP contribution in [0.1, 0.15) is 0 Å². The van der Waals surface area contributed by atoms with Crippen LogP contribution in [0.5, 0.6) is 0 Å². The first-order valence-electron chi connectivity index (χ1n) is 2.92. The molecule has 0 spiro atoms. The van der Waals surface area contributed by atoms with Crippen LogP contribution in [-0.2, 0) is 25.1 Å². The van der Waals surface area contributed by atoms with Crippen LogP contribution in [0, 0.1) is 0 Å². The quantitative estimate of drug-likeness (QED) is 0.210. The highest BCUT2D eigenvalue weighted by Gasteiger charge is 2.21. The second-order valence-electron chi connectivity index (χ2n) is 1.74. The molecule has 0 fully saturated rings. The molecule has 2 atom stereocenters. The summed E-state index contributed by atoms with van der Waals surface area (Å²) in [6, 6.07) is 0. The molecule has 0 bridgehead atoms. The molecule has 0 radical (unpaired) electrons. The van der Waals surface area contributed by atoms with E-state index in [1.807, 2.05) is 0 Å². The van der Waals surface area contributed by atoms with E-state index in [4.69, 9.17) is 16.0 Å². The molecule has 0 aliphatic carbocycles. The topological polar surface area (TPSA) is 137 Å². The average Bonchev–Trinajstić information content (AvgIpc) is 2.00. The molecule has 9 heteroatoms. The Kier molecular flexibility index (Phi) is 4.96. The van der Waals surface area contributed by atoms with E-state index in [1.54, 1.807) is 0 Å². The highest BCUT2D eigenvalue weighted by Crippen LogP contribution is 1.98. The van der Waals surface area contributed by atoms with E-state index in [0.717, 1.165) is 7.11 Å². The van der Waals surface area contributed by atoms with Crippen molar-refractivity contribution in [3.63, 3.8) is 0 Å². The van der Waals surface area contributed by atoms with Crippen LogP contribution in [0.3, 0.4) is 0 Å². The third-order valence-corrected chi connectivity index (χ3v) is 1.19. The maximum atomic E-state index is 10.8. The number of aliphatic imine (C=N–C) groups is 1. The van der Waals surface area contributed by atoms with Crippen molar-refractivity contribution in [2.45, 2.75) is 6.23 Å². The lowest BCUT2D eigenvalue weighted by molar-refractivity contribution is -0.148. The van der Waals surface area contributed by atoms with Crippen molar-refractivity contribution in [1.82, 2.24) is 0 Å². The van der Waals surface area contributed by atoms with E-state index in [0.29, 0.717) is 0 Å². The largest absolute Gasteiger partial charge is 0.466 e. The average molecular weight is 211 g/mol. The predicted octanol–water partition coefficient (Wildman–Crippen LogP) is -2.09. The van der Waals surface area contributed by atoms with Crippen LogP contribution in [0.25, 0.3) is 0 Å². The van der Waals surface area contributed by atoms with Gasteiger partial charge < -0.3 is 16.2 Å². The van der Waals surface area contributed by atoms with Crippen molar-refractivity contribution in [1.29, 1.82) is 0 Å². The third kappa shape index (κ3) is 5.11. The van der Waals surface area contributed by atoms with Gasteiger partial charge in [0.15, 0.2) is 5.96 Å². The van der Waals surface area contributed by atoms with Crippen molar-refractivity contribution in [3.05, 3.63) is 0 Å².